The Labute approximate surface area is 198 Å². The Morgan fingerprint density at radius 1 is 0.848 bits per heavy atom. The second-order valence-electron chi connectivity index (χ2n) is 7.30. The maximum Gasteiger partial charge on any atom is 0.269 e. The van der Waals surface area contributed by atoms with Crippen LogP contribution in [0.1, 0.15) is 9.67 Å². The van der Waals surface area contributed by atoms with Crippen LogP contribution in [0.3, 0.4) is 0 Å². The predicted molar refractivity (Wildman–Crippen MR) is 134 cm³/mol. The van der Waals surface area contributed by atoms with Crippen molar-refractivity contribution in [3.63, 3.8) is 0 Å². The molecule has 1 amide bonds. The van der Waals surface area contributed by atoms with E-state index < -0.39 is 9.84 Å². The third-order valence-electron chi connectivity index (χ3n) is 4.91. The standard InChI is InChI=1S/C24H17N3O3S3/c1-33(29,30)17-12-13-18-19(14-17)31-24(25-18)27-22(28)21-20(15-8-4-2-5-9-15)26-23(32-21)16-10-6-3-7-11-16/h2-14H,1H3,(H,25,27,28). The van der Waals surface area contributed by atoms with Gasteiger partial charge in [0.15, 0.2) is 15.0 Å². The van der Waals surface area contributed by atoms with Crippen LogP contribution in [0.5, 0.6) is 0 Å². The third kappa shape index (κ3) is 4.43. The van der Waals surface area contributed by atoms with Gasteiger partial charge in [-0.25, -0.2) is 18.4 Å². The molecule has 0 aliphatic rings. The summed E-state index contributed by atoms with van der Waals surface area (Å²) in [4.78, 5) is 23.2. The largest absolute Gasteiger partial charge is 0.297 e. The van der Waals surface area contributed by atoms with E-state index in [1.165, 1.54) is 28.7 Å². The molecule has 0 unspecified atom stereocenters. The summed E-state index contributed by atoms with van der Waals surface area (Å²) in [5, 5.41) is 4.02. The Kier molecular flexibility index (Phi) is 5.53. The van der Waals surface area contributed by atoms with Crippen molar-refractivity contribution in [1.82, 2.24) is 9.97 Å². The Balaban J connectivity index is 1.52. The van der Waals surface area contributed by atoms with Crippen LogP contribution in [-0.4, -0.2) is 30.5 Å². The van der Waals surface area contributed by atoms with Crippen molar-refractivity contribution in [3.05, 3.63) is 83.7 Å². The molecule has 0 bridgehead atoms. The van der Waals surface area contributed by atoms with Gasteiger partial charge in [-0.05, 0) is 18.2 Å². The van der Waals surface area contributed by atoms with E-state index in [4.69, 9.17) is 4.98 Å². The Morgan fingerprint density at radius 2 is 1.52 bits per heavy atom. The molecule has 0 aliphatic heterocycles. The molecule has 3 aromatic carbocycles. The van der Waals surface area contributed by atoms with Crippen molar-refractivity contribution >= 4 is 53.8 Å². The van der Waals surface area contributed by atoms with Gasteiger partial charge in [0.25, 0.3) is 5.91 Å². The molecular formula is C24H17N3O3S3. The number of carbonyl (C=O) groups excluding carboxylic acids is 1. The van der Waals surface area contributed by atoms with Crippen LogP contribution in [-0.2, 0) is 9.84 Å². The number of thiazole rings is 2. The quantitative estimate of drug-likeness (QED) is 0.338. The second kappa shape index (κ2) is 8.51. The van der Waals surface area contributed by atoms with Gasteiger partial charge in [-0.1, -0.05) is 72.0 Å². The Morgan fingerprint density at radius 3 is 2.18 bits per heavy atom. The zero-order valence-electron chi connectivity index (χ0n) is 17.3. The number of rotatable bonds is 5. The third-order valence-corrected chi connectivity index (χ3v) is 8.06. The molecule has 0 spiro atoms. The summed E-state index contributed by atoms with van der Waals surface area (Å²) in [6.07, 6.45) is 1.16. The van der Waals surface area contributed by atoms with Crippen LogP contribution in [0.25, 0.3) is 32.0 Å². The van der Waals surface area contributed by atoms with E-state index in [0.29, 0.717) is 25.9 Å². The molecular weight excluding hydrogens is 474 g/mol. The zero-order chi connectivity index (χ0) is 23.0. The maximum atomic E-state index is 13.3. The van der Waals surface area contributed by atoms with Gasteiger partial charge in [0.1, 0.15) is 9.88 Å². The Bertz CT molecular complexity index is 1570. The van der Waals surface area contributed by atoms with Gasteiger partial charge in [0.05, 0.1) is 20.8 Å². The summed E-state index contributed by atoms with van der Waals surface area (Å²) in [6, 6.07) is 24.0. The van der Waals surface area contributed by atoms with E-state index in [9.17, 15) is 13.2 Å². The highest BCUT2D eigenvalue weighted by molar-refractivity contribution is 7.90. The molecule has 5 rings (SSSR count). The number of benzene rings is 3. The van der Waals surface area contributed by atoms with Crippen molar-refractivity contribution in [2.75, 3.05) is 11.6 Å². The van der Waals surface area contributed by atoms with Crippen molar-refractivity contribution in [3.8, 4) is 21.8 Å². The summed E-state index contributed by atoms with van der Waals surface area (Å²) in [6.45, 7) is 0. The van der Waals surface area contributed by atoms with Gasteiger partial charge in [-0.3, -0.25) is 10.1 Å². The van der Waals surface area contributed by atoms with Gasteiger partial charge in [-0.2, -0.15) is 0 Å². The van der Waals surface area contributed by atoms with E-state index in [1.807, 2.05) is 60.7 Å². The van der Waals surface area contributed by atoms with E-state index in [-0.39, 0.29) is 10.8 Å². The second-order valence-corrected chi connectivity index (χ2v) is 11.3. The lowest BCUT2D eigenvalue weighted by Gasteiger charge is -2.02. The first-order chi connectivity index (χ1) is 15.9. The average molecular weight is 492 g/mol. The normalized spacial score (nSPS) is 11.5. The minimum atomic E-state index is -3.33. The lowest BCUT2D eigenvalue weighted by Crippen LogP contribution is -2.11. The van der Waals surface area contributed by atoms with Crippen molar-refractivity contribution < 1.29 is 13.2 Å². The van der Waals surface area contributed by atoms with Gasteiger partial charge < -0.3 is 0 Å². The smallest absolute Gasteiger partial charge is 0.269 e. The molecule has 0 fully saturated rings. The number of hydrogen-bond donors (Lipinski definition) is 1. The summed E-state index contributed by atoms with van der Waals surface area (Å²) >= 11 is 2.55. The average Bonchev–Trinajstić information content (AvgIpc) is 3.43. The van der Waals surface area contributed by atoms with Crippen LogP contribution in [0.15, 0.2) is 83.8 Å². The zero-order valence-corrected chi connectivity index (χ0v) is 19.8. The summed E-state index contributed by atoms with van der Waals surface area (Å²) in [7, 11) is -3.33. The van der Waals surface area contributed by atoms with Crippen LogP contribution < -0.4 is 5.32 Å². The molecule has 33 heavy (non-hydrogen) atoms. The highest BCUT2D eigenvalue weighted by Gasteiger charge is 2.21. The van der Waals surface area contributed by atoms with Crippen LogP contribution >= 0.6 is 22.7 Å². The molecule has 2 aromatic heterocycles. The summed E-state index contributed by atoms with van der Waals surface area (Å²) in [5.41, 5.74) is 3.02. The lowest BCUT2D eigenvalue weighted by molar-refractivity contribution is 0.103. The van der Waals surface area contributed by atoms with E-state index in [2.05, 4.69) is 10.3 Å². The first-order valence-electron chi connectivity index (χ1n) is 9.92. The van der Waals surface area contributed by atoms with Gasteiger partial charge in [0.2, 0.25) is 0 Å². The number of anilines is 1. The lowest BCUT2D eigenvalue weighted by atomic mass is 10.1. The molecule has 9 heteroatoms. The molecule has 0 atom stereocenters. The fourth-order valence-corrected chi connectivity index (χ4v) is 5.92. The number of fused-ring (bicyclic) bond motifs is 1. The summed E-state index contributed by atoms with van der Waals surface area (Å²) < 4.78 is 24.4. The first-order valence-corrected chi connectivity index (χ1v) is 13.4. The van der Waals surface area contributed by atoms with Crippen molar-refractivity contribution in [2.24, 2.45) is 0 Å². The van der Waals surface area contributed by atoms with Crippen molar-refractivity contribution in [1.29, 1.82) is 0 Å². The number of sulfone groups is 1. The molecule has 1 N–H and O–H groups in total. The Hall–Kier alpha value is -3.40. The topological polar surface area (TPSA) is 89.0 Å². The number of hydrogen-bond acceptors (Lipinski definition) is 7. The van der Waals surface area contributed by atoms with Gasteiger partial charge >= 0.3 is 0 Å². The minimum absolute atomic E-state index is 0.220. The SMILES string of the molecule is CS(=O)(=O)c1ccc2nc(NC(=O)c3sc(-c4ccccc4)nc3-c3ccccc3)sc2c1. The fourth-order valence-electron chi connectivity index (χ4n) is 3.31. The molecule has 0 saturated carbocycles. The van der Waals surface area contributed by atoms with E-state index >= 15 is 0 Å². The number of carbonyl (C=O) groups is 1. The number of amides is 1. The number of nitrogens with one attached hydrogen (secondary N) is 1. The molecule has 5 aromatic rings. The number of aromatic nitrogens is 2. The highest BCUT2D eigenvalue weighted by Crippen LogP contribution is 2.35. The van der Waals surface area contributed by atoms with E-state index in [1.54, 1.807) is 12.1 Å². The van der Waals surface area contributed by atoms with Crippen LogP contribution in [0, 0.1) is 0 Å². The molecule has 2 heterocycles. The van der Waals surface area contributed by atoms with Crippen LogP contribution in [0.2, 0.25) is 0 Å². The minimum Gasteiger partial charge on any atom is -0.297 e. The fraction of sp³-hybridized carbons (Fsp3) is 0.0417. The molecule has 0 radical (unpaired) electrons. The van der Waals surface area contributed by atoms with Crippen LogP contribution in [0.4, 0.5) is 5.13 Å². The molecule has 6 nitrogen and oxygen atoms in total. The summed E-state index contributed by atoms with van der Waals surface area (Å²) in [5.74, 6) is -0.309. The first kappa shape index (κ1) is 21.4. The maximum absolute atomic E-state index is 13.3. The monoisotopic (exact) mass is 491 g/mol. The van der Waals surface area contributed by atoms with Crippen molar-refractivity contribution in [2.45, 2.75) is 4.90 Å². The van der Waals surface area contributed by atoms with Gasteiger partial charge in [0, 0.05) is 17.4 Å². The number of nitrogens with zero attached hydrogens (tertiary/aromatic N) is 2. The predicted octanol–water partition coefficient (Wildman–Crippen LogP) is 5.74. The van der Waals surface area contributed by atoms with Gasteiger partial charge in [-0.15, -0.1) is 11.3 Å². The molecule has 164 valence electrons. The highest BCUT2D eigenvalue weighted by atomic mass is 32.2. The van der Waals surface area contributed by atoms with E-state index in [0.717, 1.165) is 22.4 Å². The molecule has 0 saturated heterocycles. The molecule has 0 aliphatic carbocycles.